The molecule has 7 heteroatoms. The lowest BCUT2D eigenvalue weighted by atomic mass is 10.0. The van der Waals surface area contributed by atoms with Crippen LogP contribution in [0, 0.1) is 5.82 Å². The van der Waals surface area contributed by atoms with Crippen molar-refractivity contribution in [3.8, 4) is 0 Å². The van der Waals surface area contributed by atoms with Crippen molar-refractivity contribution in [2.24, 2.45) is 0 Å². The van der Waals surface area contributed by atoms with Gasteiger partial charge in [-0.25, -0.2) is 4.39 Å². The van der Waals surface area contributed by atoms with Crippen molar-refractivity contribution >= 4 is 0 Å². The molecule has 0 spiro atoms. The second-order valence-corrected chi connectivity index (χ2v) is 5.14. The van der Waals surface area contributed by atoms with Gasteiger partial charge in [0.05, 0.1) is 11.2 Å². The summed E-state index contributed by atoms with van der Waals surface area (Å²) in [6.45, 7) is 1.90. The Balaban J connectivity index is 2.68. The van der Waals surface area contributed by atoms with Crippen molar-refractivity contribution in [1.29, 1.82) is 0 Å². The van der Waals surface area contributed by atoms with Crippen LogP contribution in [0.3, 0.4) is 0 Å². The summed E-state index contributed by atoms with van der Waals surface area (Å²) in [5.74, 6) is -0.932. The number of rotatable bonds is 7. The third kappa shape index (κ3) is 5.99. The van der Waals surface area contributed by atoms with Crippen LogP contribution in [0.25, 0.3) is 0 Å². The van der Waals surface area contributed by atoms with E-state index >= 15 is 0 Å². The second kappa shape index (κ2) is 7.20. The number of benzene rings is 1. The van der Waals surface area contributed by atoms with Gasteiger partial charge in [0.25, 0.3) is 0 Å². The van der Waals surface area contributed by atoms with Crippen molar-refractivity contribution in [2.75, 3.05) is 20.3 Å². The van der Waals surface area contributed by atoms with Gasteiger partial charge in [0, 0.05) is 33.2 Å². The van der Waals surface area contributed by atoms with E-state index in [2.05, 4.69) is 5.32 Å². The highest BCUT2D eigenvalue weighted by atomic mass is 19.4. The molecule has 0 aliphatic carbocycles. The average molecular weight is 309 g/mol. The first-order chi connectivity index (χ1) is 9.65. The van der Waals surface area contributed by atoms with E-state index in [0.29, 0.717) is 19.1 Å². The van der Waals surface area contributed by atoms with Crippen LogP contribution in [-0.4, -0.2) is 31.0 Å². The standard InChI is InChI=1S/C14H19F4NO2/c1-13(20,5-6-21-2)9-19-8-10-3-4-11(15)7-12(10)14(16,17)18/h3-4,7,19-20H,5-6,8-9H2,1-2H3. The summed E-state index contributed by atoms with van der Waals surface area (Å²) in [7, 11) is 1.50. The normalized spacial score (nSPS) is 15.0. The molecule has 21 heavy (non-hydrogen) atoms. The molecule has 0 saturated heterocycles. The van der Waals surface area contributed by atoms with Crippen molar-refractivity contribution in [1.82, 2.24) is 5.32 Å². The Morgan fingerprint density at radius 3 is 2.52 bits per heavy atom. The van der Waals surface area contributed by atoms with E-state index in [9.17, 15) is 22.7 Å². The molecular weight excluding hydrogens is 290 g/mol. The van der Waals surface area contributed by atoms with Gasteiger partial charge in [-0.3, -0.25) is 0 Å². The summed E-state index contributed by atoms with van der Waals surface area (Å²) in [6, 6.07) is 2.55. The molecule has 0 saturated carbocycles. The molecule has 0 amide bonds. The lowest BCUT2D eigenvalue weighted by molar-refractivity contribution is -0.138. The molecule has 2 N–H and O–H groups in total. The number of methoxy groups -OCH3 is 1. The van der Waals surface area contributed by atoms with Gasteiger partial charge in [0.15, 0.2) is 0 Å². The molecule has 1 rings (SSSR count). The minimum atomic E-state index is -4.61. The van der Waals surface area contributed by atoms with E-state index in [1.807, 2.05) is 0 Å². The molecule has 1 aromatic rings. The monoisotopic (exact) mass is 309 g/mol. The minimum absolute atomic E-state index is 0.0635. The predicted molar refractivity (Wildman–Crippen MR) is 70.2 cm³/mol. The highest BCUT2D eigenvalue weighted by molar-refractivity contribution is 5.30. The molecule has 0 aromatic heterocycles. The molecule has 0 heterocycles. The first-order valence-corrected chi connectivity index (χ1v) is 6.43. The van der Waals surface area contributed by atoms with Crippen LogP contribution >= 0.6 is 0 Å². The van der Waals surface area contributed by atoms with Crippen LogP contribution in [0.1, 0.15) is 24.5 Å². The Morgan fingerprint density at radius 2 is 1.95 bits per heavy atom. The van der Waals surface area contributed by atoms with Crippen molar-refractivity contribution in [2.45, 2.75) is 31.7 Å². The van der Waals surface area contributed by atoms with Crippen molar-refractivity contribution in [3.63, 3.8) is 0 Å². The number of hydrogen-bond donors (Lipinski definition) is 2. The van der Waals surface area contributed by atoms with E-state index in [1.54, 1.807) is 6.92 Å². The van der Waals surface area contributed by atoms with E-state index in [4.69, 9.17) is 4.74 Å². The molecule has 0 aliphatic heterocycles. The van der Waals surface area contributed by atoms with E-state index in [1.165, 1.54) is 7.11 Å². The quantitative estimate of drug-likeness (QED) is 0.761. The van der Waals surface area contributed by atoms with Gasteiger partial charge < -0.3 is 15.2 Å². The molecule has 1 aromatic carbocycles. The van der Waals surface area contributed by atoms with Crippen LogP contribution < -0.4 is 5.32 Å². The molecular formula is C14H19F4NO2. The lowest BCUT2D eigenvalue weighted by Crippen LogP contribution is -2.38. The summed E-state index contributed by atoms with van der Waals surface area (Å²) < 4.78 is 56.2. The average Bonchev–Trinajstić information content (AvgIpc) is 2.37. The van der Waals surface area contributed by atoms with Crippen LogP contribution in [0.5, 0.6) is 0 Å². The molecule has 0 aliphatic rings. The van der Waals surface area contributed by atoms with Gasteiger partial charge in [-0.1, -0.05) is 6.07 Å². The zero-order valence-corrected chi connectivity index (χ0v) is 11.9. The first-order valence-electron chi connectivity index (χ1n) is 6.43. The van der Waals surface area contributed by atoms with Crippen LogP contribution in [0.15, 0.2) is 18.2 Å². The largest absolute Gasteiger partial charge is 0.416 e. The van der Waals surface area contributed by atoms with Gasteiger partial charge in [-0.05, 0) is 24.6 Å². The SMILES string of the molecule is COCCC(C)(O)CNCc1ccc(F)cc1C(F)(F)F. The van der Waals surface area contributed by atoms with Gasteiger partial charge in [0.2, 0.25) is 0 Å². The number of nitrogens with one attached hydrogen (secondary N) is 1. The van der Waals surface area contributed by atoms with Gasteiger partial charge in [0.1, 0.15) is 5.82 Å². The topological polar surface area (TPSA) is 41.5 Å². The maximum atomic E-state index is 13.0. The van der Waals surface area contributed by atoms with Crippen LogP contribution in [-0.2, 0) is 17.5 Å². The zero-order valence-electron chi connectivity index (χ0n) is 11.9. The fraction of sp³-hybridized carbons (Fsp3) is 0.571. The molecule has 0 radical (unpaired) electrons. The van der Waals surface area contributed by atoms with Gasteiger partial charge in [-0.15, -0.1) is 0 Å². The van der Waals surface area contributed by atoms with Crippen LogP contribution in [0.2, 0.25) is 0 Å². The number of halogens is 4. The van der Waals surface area contributed by atoms with Gasteiger partial charge >= 0.3 is 6.18 Å². The third-order valence-corrected chi connectivity index (χ3v) is 3.04. The molecule has 1 unspecified atom stereocenters. The number of ether oxygens (including phenoxy) is 1. The highest BCUT2D eigenvalue weighted by Crippen LogP contribution is 2.32. The van der Waals surface area contributed by atoms with Crippen molar-refractivity contribution in [3.05, 3.63) is 35.1 Å². The van der Waals surface area contributed by atoms with Gasteiger partial charge in [-0.2, -0.15) is 13.2 Å². The second-order valence-electron chi connectivity index (χ2n) is 5.14. The third-order valence-electron chi connectivity index (χ3n) is 3.04. The Kier molecular flexibility index (Phi) is 6.12. The summed E-state index contributed by atoms with van der Waals surface area (Å²) in [5.41, 5.74) is -2.16. The number of alkyl halides is 3. The maximum absolute atomic E-state index is 13.0. The van der Waals surface area contributed by atoms with E-state index < -0.39 is 23.2 Å². The Hall–Kier alpha value is -1.18. The fourth-order valence-corrected chi connectivity index (χ4v) is 1.84. The minimum Gasteiger partial charge on any atom is -0.389 e. The number of aliphatic hydroxyl groups is 1. The molecule has 0 fully saturated rings. The smallest absolute Gasteiger partial charge is 0.389 e. The predicted octanol–water partition coefficient (Wildman–Crippen LogP) is 2.72. The first kappa shape index (κ1) is 17.9. The summed E-state index contributed by atoms with van der Waals surface area (Å²) >= 11 is 0. The molecule has 3 nitrogen and oxygen atoms in total. The Bertz CT molecular complexity index is 461. The fourth-order valence-electron chi connectivity index (χ4n) is 1.84. The van der Waals surface area contributed by atoms with Crippen LogP contribution in [0.4, 0.5) is 17.6 Å². The van der Waals surface area contributed by atoms with E-state index in [0.717, 1.165) is 12.1 Å². The summed E-state index contributed by atoms with van der Waals surface area (Å²) in [4.78, 5) is 0. The molecule has 0 bridgehead atoms. The summed E-state index contributed by atoms with van der Waals surface area (Å²) in [6.07, 6.45) is -4.26. The lowest BCUT2D eigenvalue weighted by Gasteiger charge is -2.24. The maximum Gasteiger partial charge on any atom is 0.416 e. The highest BCUT2D eigenvalue weighted by Gasteiger charge is 2.33. The molecule has 1 atom stereocenters. The zero-order chi connectivity index (χ0) is 16.1. The molecule has 120 valence electrons. The van der Waals surface area contributed by atoms with Crippen molar-refractivity contribution < 1.29 is 27.4 Å². The summed E-state index contributed by atoms with van der Waals surface area (Å²) in [5, 5.41) is 12.7. The number of hydrogen-bond acceptors (Lipinski definition) is 3. The Labute approximate surface area is 120 Å². The van der Waals surface area contributed by atoms with E-state index in [-0.39, 0.29) is 18.7 Å². The Morgan fingerprint density at radius 1 is 1.29 bits per heavy atom.